The number of hydrogen-bond acceptors (Lipinski definition) is 5. The molecule has 172 valence electrons. The van der Waals surface area contributed by atoms with Crippen molar-refractivity contribution in [1.29, 1.82) is 0 Å². The van der Waals surface area contributed by atoms with E-state index in [1.165, 1.54) is 12.1 Å². The van der Waals surface area contributed by atoms with E-state index in [0.29, 0.717) is 59.0 Å². The maximum atomic E-state index is 13.2. The molecule has 4 rings (SSSR count). The summed E-state index contributed by atoms with van der Waals surface area (Å²) in [6, 6.07) is 6.16. The number of halogens is 1. The smallest absolute Gasteiger partial charge is 0.236 e. The Balaban J connectivity index is 1.32. The van der Waals surface area contributed by atoms with Crippen molar-refractivity contribution >= 4 is 11.8 Å². The summed E-state index contributed by atoms with van der Waals surface area (Å²) < 4.78 is 20.3. The lowest BCUT2D eigenvalue weighted by atomic mass is 10.1. The number of aromatic nitrogens is 2. The van der Waals surface area contributed by atoms with Gasteiger partial charge in [0, 0.05) is 50.5 Å². The van der Waals surface area contributed by atoms with E-state index in [4.69, 9.17) is 4.74 Å². The first-order chi connectivity index (χ1) is 15.4. The summed E-state index contributed by atoms with van der Waals surface area (Å²) in [5.74, 6) is -0.0991. The number of nitrogens with zero attached hydrogens (tertiary/aromatic N) is 5. The van der Waals surface area contributed by atoms with Crippen molar-refractivity contribution in [2.75, 3.05) is 59.0 Å². The summed E-state index contributed by atoms with van der Waals surface area (Å²) in [4.78, 5) is 31.3. The Morgan fingerprint density at radius 1 is 0.938 bits per heavy atom. The maximum absolute atomic E-state index is 13.2. The third kappa shape index (κ3) is 4.99. The molecule has 0 N–H and O–H groups in total. The molecule has 8 nitrogen and oxygen atoms in total. The van der Waals surface area contributed by atoms with E-state index in [-0.39, 0.29) is 24.1 Å². The zero-order chi connectivity index (χ0) is 22.7. The molecular formula is C23H30FN5O3. The summed E-state index contributed by atoms with van der Waals surface area (Å²) in [5.41, 5.74) is 3.36. The van der Waals surface area contributed by atoms with E-state index in [0.717, 1.165) is 22.6 Å². The molecule has 0 unspecified atom stereocenters. The Bertz CT molecular complexity index is 961. The molecule has 0 atom stereocenters. The Morgan fingerprint density at radius 3 is 2.22 bits per heavy atom. The van der Waals surface area contributed by atoms with Crippen molar-refractivity contribution < 1.29 is 18.7 Å². The number of carbonyl (C=O) groups excluding carboxylic acids is 2. The van der Waals surface area contributed by atoms with E-state index in [2.05, 4.69) is 10.00 Å². The van der Waals surface area contributed by atoms with Crippen LogP contribution < -0.4 is 0 Å². The van der Waals surface area contributed by atoms with Gasteiger partial charge in [-0.15, -0.1) is 0 Å². The number of morpholine rings is 1. The first kappa shape index (κ1) is 22.4. The molecular weight excluding hydrogens is 413 g/mol. The summed E-state index contributed by atoms with van der Waals surface area (Å²) in [5, 5.41) is 4.56. The minimum atomic E-state index is -0.295. The predicted molar refractivity (Wildman–Crippen MR) is 117 cm³/mol. The highest BCUT2D eigenvalue weighted by Crippen LogP contribution is 2.20. The van der Waals surface area contributed by atoms with Crippen molar-refractivity contribution in [2.24, 2.45) is 0 Å². The molecule has 1 aromatic heterocycles. The summed E-state index contributed by atoms with van der Waals surface area (Å²) in [6.07, 6.45) is 0.283. The van der Waals surface area contributed by atoms with Gasteiger partial charge in [-0.05, 0) is 38.1 Å². The van der Waals surface area contributed by atoms with Crippen LogP contribution in [0.1, 0.15) is 17.0 Å². The molecule has 2 amide bonds. The van der Waals surface area contributed by atoms with Crippen molar-refractivity contribution in [1.82, 2.24) is 24.5 Å². The number of hydrogen-bond donors (Lipinski definition) is 0. The van der Waals surface area contributed by atoms with E-state index < -0.39 is 0 Å². The van der Waals surface area contributed by atoms with Gasteiger partial charge in [-0.25, -0.2) is 9.07 Å². The van der Waals surface area contributed by atoms with Gasteiger partial charge in [-0.1, -0.05) is 0 Å². The van der Waals surface area contributed by atoms with Gasteiger partial charge in [0.05, 0.1) is 37.6 Å². The Hall–Kier alpha value is -2.78. The van der Waals surface area contributed by atoms with Gasteiger partial charge in [0.1, 0.15) is 5.82 Å². The van der Waals surface area contributed by atoms with Crippen LogP contribution in [0.2, 0.25) is 0 Å². The van der Waals surface area contributed by atoms with Crippen LogP contribution in [0.25, 0.3) is 5.69 Å². The third-order valence-electron chi connectivity index (χ3n) is 6.29. The largest absolute Gasteiger partial charge is 0.378 e. The molecule has 1 aromatic carbocycles. The van der Waals surface area contributed by atoms with Crippen molar-refractivity contribution in [3.8, 4) is 5.69 Å². The molecule has 2 fully saturated rings. The quantitative estimate of drug-likeness (QED) is 0.694. The molecule has 32 heavy (non-hydrogen) atoms. The second-order valence-corrected chi connectivity index (χ2v) is 8.36. The van der Waals surface area contributed by atoms with Crippen molar-refractivity contribution in [2.45, 2.75) is 20.3 Å². The molecule has 3 heterocycles. The monoisotopic (exact) mass is 443 g/mol. The van der Waals surface area contributed by atoms with Crippen LogP contribution in [0.4, 0.5) is 4.39 Å². The standard InChI is InChI=1S/C23H30FN5O3/c1-17-21(18(2)29(25-17)20-5-3-19(24)4-6-20)15-22(30)27-9-7-26(8-10-27)16-23(31)28-11-13-32-14-12-28/h3-6H,7-16H2,1-2H3. The lowest BCUT2D eigenvalue weighted by molar-refractivity contribution is -0.137. The predicted octanol–water partition coefficient (Wildman–Crippen LogP) is 1.17. The molecule has 0 radical (unpaired) electrons. The van der Waals surface area contributed by atoms with E-state index in [1.807, 2.05) is 23.6 Å². The van der Waals surface area contributed by atoms with Gasteiger partial charge in [-0.2, -0.15) is 5.10 Å². The number of amides is 2. The SMILES string of the molecule is Cc1nn(-c2ccc(F)cc2)c(C)c1CC(=O)N1CCN(CC(=O)N2CCOCC2)CC1. The molecule has 0 saturated carbocycles. The van der Waals surface area contributed by atoms with Crippen LogP contribution in [-0.2, 0) is 20.7 Å². The number of benzene rings is 1. The van der Waals surface area contributed by atoms with E-state index in [9.17, 15) is 14.0 Å². The van der Waals surface area contributed by atoms with Crippen molar-refractivity contribution in [3.05, 3.63) is 47.0 Å². The first-order valence-electron chi connectivity index (χ1n) is 11.1. The minimum absolute atomic E-state index is 0.0639. The zero-order valence-corrected chi connectivity index (χ0v) is 18.7. The molecule has 2 aromatic rings. The highest BCUT2D eigenvalue weighted by molar-refractivity contribution is 5.80. The molecule has 2 saturated heterocycles. The maximum Gasteiger partial charge on any atom is 0.236 e. The van der Waals surface area contributed by atoms with Crippen LogP contribution in [-0.4, -0.2) is 95.3 Å². The highest BCUT2D eigenvalue weighted by Gasteiger charge is 2.26. The molecule has 2 aliphatic rings. The molecule has 0 bridgehead atoms. The van der Waals surface area contributed by atoms with Crippen LogP contribution in [0.3, 0.4) is 0 Å². The van der Waals surface area contributed by atoms with Crippen LogP contribution in [0.15, 0.2) is 24.3 Å². The summed E-state index contributed by atoms with van der Waals surface area (Å²) in [7, 11) is 0. The lowest BCUT2D eigenvalue weighted by Crippen LogP contribution is -2.52. The van der Waals surface area contributed by atoms with Crippen LogP contribution >= 0.6 is 0 Å². The fourth-order valence-electron chi connectivity index (χ4n) is 4.29. The van der Waals surface area contributed by atoms with Crippen LogP contribution in [0.5, 0.6) is 0 Å². The summed E-state index contributed by atoms with van der Waals surface area (Å²) >= 11 is 0. The number of ether oxygens (including phenoxy) is 1. The Labute approximate surface area is 187 Å². The topological polar surface area (TPSA) is 70.9 Å². The zero-order valence-electron chi connectivity index (χ0n) is 18.7. The molecule has 2 aliphatic heterocycles. The second kappa shape index (κ2) is 9.79. The molecule has 0 aliphatic carbocycles. The van der Waals surface area contributed by atoms with Gasteiger partial charge in [0.15, 0.2) is 0 Å². The number of aryl methyl sites for hydroxylation is 1. The van der Waals surface area contributed by atoms with Gasteiger partial charge in [0.25, 0.3) is 0 Å². The number of piperazine rings is 1. The van der Waals surface area contributed by atoms with E-state index in [1.54, 1.807) is 16.8 Å². The number of rotatable bonds is 5. The van der Waals surface area contributed by atoms with Crippen LogP contribution in [0, 0.1) is 19.7 Å². The molecule has 0 spiro atoms. The fourth-order valence-corrected chi connectivity index (χ4v) is 4.29. The minimum Gasteiger partial charge on any atom is -0.378 e. The lowest BCUT2D eigenvalue weighted by Gasteiger charge is -2.36. The van der Waals surface area contributed by atoms with E-state index >= 15 is 0 Å². The first-order valence-corrected chi connectivity index (χ1v) is 11.1. The number of carbonyl (C=O) groups is 2. The summed E-state index contributed by atoms with van der Waals surface area (Å²) in [6.45, 7) is 9.33. The second-order valence-electron chi connectivity index (χ2n) is 8.36. The highest BCUT2D eigenvalue weighted by atomic mass is 19.1. The third-order valence-corrected chi connectivity index (χ3v) is 6.29. The van der Waals surface area contributed by atoms with Gasteiger partial charge in [-0.3, -0.25) is 14.5 Å². The van der Waals surface area contributed by atoms with Gasteiger partial charge < -0.3 is 14.5 Å². The fraction of sp³-hybridized carbons (Fsp3) is 0.522. The average Bonchev–Trinajstić information content (AvgIpc) is 3.09. The Kier molecular flexibility index (Phi) is 6.86. The normalized spacial score (nSPS) is 17.6. The average molecular weight is 444 g/mol. The van der Waals surface area contributed by atoms with Gasteiger partial charge >= 0.3 is 0 Å². The van der Waals surface area contributed by atoms with Gasteiger partial charge in [0.2, 0.25) is 11.8 Å². The van der Waals surface area contributed by atoms with Crippen molar-refractivity contribution in [3.63, 3.8) is 0 Å². The molecule has 9 heteroatoms. The Morgan fingerprint density at radius 2 is 1.56 bits per heavy atom.